The third-order valence-corrected chi connectivity index (χ3v) is 1.77. The molecule has 0 radical (unpaired) electrons. The Kier molecular flexibility index (Phi) is 3.22. The number of hydrogen-bond acceptors (Lipinski definition) is 4. The van der Waals surface area contributed by atoms with Gasteiger partial charge in [-0.05, 0) is 20.4 Å². The van der Waals surface area contributed by atoms with Crippen molar-refractivity contribution in [2.75, 3.05) is 7.05 Å². The highest BCUT2D eigenvalue weighted by Gasteiger charge is 2.10. The van der Waals surface area contributed by atoms with E-state index in [-0.39, 0.29) is 6.04 Å². The molecule has 1 rings (SSSR count). The van der Waals surface area contributed by atoms with Gasteiger partial charge in [0.25, 0.3) is 0 Å². The van der Waals surface area contributed by atoms with Crippen LogP contribution in [0.4, 0.5) is 0 Å². The lowest BCUT2D eigenvalue weighted by atomic mass is 10.3. The first-order chi connectivity index (χ1) is 5.77. The number of rotatable bonds is 4. The quantitative estimate of drug-likeness (QED) is 0.738. The average molecular weight is 169 g/mol. The van der Waals surface area contributed by atoms with Gasteiger partial charge >= 0.3 is 0 Å². The molecule has 1 unspecified atom stereocenters. The predicted octanol–water partition coefficient (Wildman–Crippen LogP) is 1.30. The maximum Gasteiger partial charge on any atom is 0.226 e. The second kappa shape index (κ2) is 4.21. The SMILES string of the molecule is CCCc1nc(C(C)NC)no1. The van der Waals surface area contributed by atoms with Crippen LogP contribution < -0.4 is 5.32 Å². The van der Waals surface area contributed by atoms with E-state index in [9.17, 15) is 0 Å². The first-order valence-corrected chi connectivity index (χ1v) is 4.27. The van der Waals surface area contributed by atoms with E-state index in [2.05, 4.69) is 22.4 Å². The van der Waals surface area contributed by atoms with Gasteiger partial charge in [-0.25, -0.2) is 0 Å². The highest BCUT2D eigenvalue weighted by atomic mass is 16.5. The van der Waals surface area contributed by atoms with Crippen molar-refractivity contribution in [3.63, 3.8) is 0 Å². The number of aromatic nitrogens is 2. The molecule has 0 saturated carbocycles. The molecule has 0 bridgehead atoms. The summed E-state index contributed by atoms with van der Waals surface area (Å²) in [5.74, 6) is 1.47. The van der Waals surface area contributed by atoms with Crippen molar-refractivity contribution < 1.29 is 4.52 Å². The van der Waals surface area contributed by atoms with E-state index in [1.165, 1.54) is 0 Å². The second-order valence-corrected chi connectivity index (χ2v) is 2.81. The van der Waals surface area contributed by atoms with E-state index in [4.69, 9.17) is 4.52 Å². The molecule has 0 spiro atoms. The maximum atomic E-state index is 5.03. The molecule has 1 heterocycles. The lowest BCUT2D eigenvalue weighted by Gasteiger charge is -2.01. The summed E-state index contributed by atoms with van der Waals surface area (Å²) >= 11 is 0. The minimum absolute atomic E-state index is 0.166. The molecule has 0 saturated heterocycles. The molecule has 68 valence electrons. The fourth-order valence-corrected chi connectivity index (χ4v) is 0.888. The third kappa shape index (κ3) is 2.04. The normalized spacial score (nSPS) is 13.2. The van der Waals surface area contributed by atoms with E-state index in [1.54, 1.807) is 0 Å². The molecular formula is C8H15N3O. The summed E-state index contributed by atoms with van der Waals surface area (Å²) in [6.45, 7) is 4.09. The fourth-order valence-electron chi connectivity index (χ4n) is 0.888. The van der Waals surface area contributed by atoms with Crippen molar-refractivity contribution in [1.82, 2.24) is 15.5 Å². The zero-order chi connectivity index (χ0) is 8.97. The summed E-state index contributed by atoms with van der Waals surface area (Å²) in [5.41, 5.74) is 0. The smallest absolute Gasteiger partial charge is 0.226 e. The van der Waals surface area contributed by atoms with E-state index in [1.807, 2.05) is 14.0 Å². The maximum absolute atomic E-state index is 5.03. The summed E-state index contributed by atoms with van der Waals surface area (Å²) < 4.78 is 5.03. The van der Waals surface area contributed by atoms with E-state index in [0.717, 1.165) is 24.6 Å². The number of hydrogen-bond donors (Lipinski definition) is 1. The molecule has 0 amide bonds. The predicted molar refractivity (Wildman–Crippen MR) is 45.8 cm³/mol. The fraction of sp³-hybridized carbons (Fsp3) is 0.750. The van der Waals surface area contributed by atoms with Gasteiger partial charge in [0, 0.05) is 6.42 Å². The van der Waals surface area contributed by atoms with Gasteiger partial charge in [-0.15, -0.1) is 0 Å². The van der Waals surface area contributed by atoms with Crippen LogP contribution in [0, 0.1) is 0 Å². The minimum Gasteiger partial charge on any atom is -0.339 e. The van der Waals surface area contributed by atoms with Crippen molar-refractivity contribution >= 4 is 0 Å². The summed E-state index contributed by atoms with van der Waals surface area (Å²) in [7, 11) is 1.88. The molecule has 0 aromatic carbocycles. The molecular weight excluding hydrogens is 154 g/mol. The first-order valence-electron chi connectivity index (χ1n) is 4.27. The van der Waals surface area contributed by atoms with Crippen molar-refractivity contribution in [2.45, 2.75) is 32.7 Å². The van der Waals surface area contributed by atoms with Gasteiger partial charge in [-0.3, -0.25) is 0 Å². The van der Waals surface area contributed by atoms with Crippen LogP contribution in [0.5, 0.6) is 0 Å². The van der Waals surface area contributed by atoms with Crippen LogP contribution in [0.15, 0.2) is 4.52 Å². The van der Waals surface area contributed by atoms with Gasteiger partial charge in [0.15, 0.2) is 5.82 Å². The topological polar surface area (TPSA) is 51.0 Å². The second-order valence-electron chi connectivity index (χ2n) is 2.81. The Morgan fingerprint density at radius 1 is 1.58 bits per heavy atom. The van der Waals surface area contributed by atoms with Gasteiger partial charge in [0.2, 0.25) is 5.89 Å². The summed E-state index contributed by atoms with van der Waals surface area (Å²) in [6, 6.07) is 0.166. The summed E-state index contributed by atoms with van der Waals surface area (Å²) in [4.78, 5) is 4.23. The van der Waals surface area contributed by atoms with Crippen molar-refractivity contribution in [1.29, 1.82) is 0 Å². The number of nitrogens with one attached hydrogen (secondary N) is 1. The van der Waals surface area contributed by atoms with Crippen molar-refractivity contribution in [3.8, 4) is 0 Å². The average Bonchev–Trinajstić information content (AvgIpc) is 2.52. The molecule has 1 aromatic heterocycles. The molecule has 12 heavy (non-hydrogen) atoms. The van der Waals surface area contributed by atoms with Crippen LogP contribution in [0.3, 0.4) is 0 Å². The van der Waals surface area contributed by atoms with E-state index < -0.39 is 0 Å². The van der Waals surface area contributed by atoms with Crippen molar-refractivity contribution in [3.05, 3.63) is 11.7 Å². The van der Waals surface area contributed by atoms with Crippen LogP contribution >= 0.6 is 0 Å². The van der Waals surface area contributed by atoms with Crippen molar-refractivity contribution in [2.24, 2.45) is 0 Å². The summed E-state index contributed by atoms with van der Waals surface area (Å²) in [6.07, 6.45) is 1.90. The van der Waals surface area contributed by atoms with Crippen LogP contribution in [-0.2, 0) is 6.42 Å². The van der Waals surface area contributed by atoms with Crippen LogP contribution in [-0.4, -0.2) is 17.2 Å². The lowest BCUT2D eigenvalue weighted by molar-refractivity contribution is 0.367. The Morgan fingerprint density at radius 3 is 2.92 bits per heavy atom. The summed E-state index contributed by atoms with van der Waals surface area (Å²) in [5, 5.41) is 6.91. The molecule has 4 heteroatoms. The molecule has 4 nitrogen and oxygen atoms in total. The highest BCUT2D eigenvalue weighted by Crippen LogP contribution is 2.07. The molecule has 0 aliphatic rings. The number of aryl methyl sites for hydroxylation is 1. The Morgan fingerprint density at radius 2 is 2.33 bits per heavy atom. The molecule has 0 aliphatic heterocycles. The standard InChI is InChI=1S/C8H15N3O/c1-4-5-7-10-8(11-12-7)6(2)9-3/h6,9H,4-5H2,1-3H3. The van der Waals surface area contributed by atoms with Gasteiger partial charge in [0.05, 0.1) is 6.04 Å². The Hall–Kier alpha value is -0.900. The number of nitrogens with zero attached hydrogens (tertiary/aromatic N) is 2. The van der Waals surface area contributed by atoms with Gasteiger partial charge < -0.3 is 9.84 Å². The lowest BCUT2D eigenvalue weighted by Crippen LogP contribution is -2.13. The molecule has 1 atom stereocenters. The zero-order valence-corrected chi connectivity index (χ0v) is 7.79. The minimum atomic E-state index is 0.166. The van der Waals surface area contributed by atoms with Gasteiger partial charge in [0.1, 0.15) is 0 Å². The van der Waals surface area contributed by atoms with Crippen LogP contribution in [0.2, 0.25) is 0 Å². The van der Waals surface area contributed by atoms with Crippen LogP contribution in [0.25, 0.3) is 0 Å². The molecule has 1 aromatic rings. The first kappa shape index (κ1) is 9.19. The Balaban J connectivity index is 2.63. The molecule has 0 fully saturated rings. The monoisotopic (exact) mass is 169 g/mol. The Labute approximate surface area is 72.4 Å². The Bertz CT molecular complexity index is 234. The largest absolute Gasteiger partial charge is 0.339 e. The third-order valence-electron chi connectivity index (χ3n) is 1.77. The van der Waals surface area contributed by atoms with Crippen LogP contribution in [0.1, 0.15) is 38.0 Å². The van der Waals surface area contributed by atoms with Gasteiger partial charge in [-0.1, -0.05) is 12.1 Å². The molecule has 0 aliphatic carbocycles. The zero-order valence-electron chi connectivity index (χ0n) is 7.79. The highest BCUT2D eigenvalue weighted by molar-refractivity contribution is 4.91. The molecule has 1 N–H and O–H groups in total. The van der Waals surface area contributed by atoms with Gasteiger partial charge in [-0.2, -0.15) is 4.98 Å². The van der Waals surface area contributed by atoms with E-state index >= 15 is 0 Å². The van der Waals surface area contributed by atoms with E-state index in [0.29, 0.717) is 0 Å².